The van der Waals surface area contributed by atoms with Gasteiger partial charge in [-0.05, 0) is 23.8 Å². The number of hydrogen-bond acceptors (Lipinski definition) is 3. The Hall–Kier alpha value is -1.81. The summed E-state index contributed by atoms with van der Waals surface area (Å²) >= 11 is 3.33. The highest BCUT2D eigenvalue weighted by Crippen LogP contribution is 2.19. The number of aromatic hydroxyl groups is 1. The highest BCUT2D eigenvalue weighted by atomic mass is 79.9. The second kappa shape index (κ2) is 5.01. The van der Waals surface area contributed by atoms with Gasteiger partial charge in [-0.25, -0.2) is 0 Å². The van der Waals surface area contributed by atoms with E-state index >= 15 is 0 Å². The van der Waals surface area contributed by atoms with Crippen LogP contribution in [0.2, 0.25) is 0 Å². The molecule has 0 aliphatic rings. The summed E-state index contributed by atoms with van der Waals surface area (Å²) in [6.45, 7) is 0. The normalized spacial score (nSPS) is 10.9. The minimum Gasteiger partial charge on any atom is -0.504 e. The van der Waals surface area contributed by atoms with Gasteiger partial charge in [0, 0.05) is 10.5 Å². The Morgan fingerprint density at radius 2 is 1.94 bits per heavy atom. The van der Waals surface area contributed by atoms with Crippen molar-refractivity contribution in [2.24, 2.45) is 0 Å². The van der Waals surface area contributed by atoms with E-state index in [9.17, 15) is 9.90 Å². The molecule has 17 heavy (non-hydrogen) atoms. The van der Waals surface area contributed by atoms with Gasteiger partial charge in [-0.1, -0.05) is 34.1 Å². The number of carbonyl (C=O) groups excluding carboxylic acids is 1. The molecule has 0 amide bonds. The van der Waals surface area contributed by atoms with Crippen molar-refractivity contribution in [3.63, 3.8) is 0 Å². The first kappa shape index (κ1) is 11.7. The predicted octanol–water partition coefficient (Wildman–Crippen LogP) is 3.64. The van der Waals surface area contributed by atoms with Gasteiger partial charge in [-0.3, -0.25) is 4.79 Å². The van der Waals surface area contributed by atoms with Crippen LogP contribution in [0.3, 0.4) is 0 Å². The van der Waals surface area contributed by atoms with Crippen molar-refractivity contribution in [1.29, 1.82) is 0 Å². The molecule has 1 heterocycles. The van der Waals surface area contributed by atoms with Gasteiger partial charge < -0.3 is 9.52 Å². The largest absolute Gasteiger partial charge is 0.504 e. The lowest BCUT2D eigenvalue weighted by Gasteiger charge is -1.94. The Kier molecular flexibility index (Phi) is 3.44. The van der Waals surface area contributed by atoms with Crippen LogP contribution in [0, 0.1) is 0 Å². The van der Waals surface area contributed by atoms with Gasteiger partial charge in [-0.15, -0.1) is 0 Å². The van der Waals surface area contributed by atoms with Gasteiger partial charge in [0.1, 0.15) is 0 Å². The highest BCUT2D eigenvalue weighted by molar-refractivity contribution is 9.10. The number of allylic oxidation sites excluding steroid dienone is 1. The molecule has 86 valence electrons. The summed E-state index contributed by atoms with van der Waals surface area (Å²) in [7, 11) is 0. The maximum atomic E-state index is 11.6. The van der Waals surface area contributed by atoms with Gasteiger partial charge in [0.05, 0.1) is 6.26 Å². The van der Waals surface area contributed by atoms with E-state index in [1.165, 1.54) is 18.4 Å². The molecule has 1 aromatic heterocycles. The molecule has 0 saturated heterocycles. The number of carbonyl (C=O) groups is 1. The number of hydrogen-bond donors (Lipinski definition) is 1. The van der Waals surface area contributed by atoms with Crippen LogP contribution in [-0.4, -0.2) is 10.9 Å². The Morgan fingerprint density at radius 3 is 2.53 bits per heavy atom. The summed E-state index contributed by atoms with van der Waals surface area (Å²) in [5, 5.41) is 9.30. The number of benzene rings is 1. The van der Waals surface area contributed by atoms with Crippen molar-refractivity contribution in [3.8, 4) is 5.75 Å². The molecule has 0 aliphatic carbocycles. The van der Waals surface area contributed by atoms with E-state index in [0.717, 1.165) is 10.0 Å². The summed E-state index contributed by atoms with van der Waals surface area (Å²) in [5.41, 5.74) is 0.896. The van der Waals surface area contributed by atoms with Crippen molar-refractivity contribution in [2.75, 3.05) is 0 Å². The Bertz CT molecular complexity index is 552. The topological polar surface area (TPSA) is 50.4 Å². The van der Waals surface area contributed by atoms with Crippen molar-refractivity contribution < 1.29 is 14.3 Å². The summed E-state index contributed by atoms with van der Waals surface area (Å²) in [6, 6.07) is 8.84. The lowest BCUT2D eigenvalue weighted by Crippen LogP contribution is -1.91. The third kappa shape index (κ3) is 2.85. The van der Waals surface area contributed by atoms with Gasteiger partial charge in [0.25, 0.3) is 0 Å². The number of furan rings is 1. The van der Waals surface area contributed by atoms with Crippen LogP contribution in [-0.2, 0) is 0 Å². The predicted molar refractivity (Wildman–Crippen MR) is 67.9 cm³/mol. The molecule has 2 aromatic rings. The smallest absolute Gasteiger partial charge is 0.224 e. The van der Waals surface area contributed by atoms with Crippen LogP contribution >= 0.6 is 15.9 Å². The molecule has 3 nitrogen and oxygen atoms in total. The van der Waals surface area contributed by atoms with Crippen LogP contribution in [0.1, 0.15) is 16.1 Å². The summed E-state index contributed by atoms with van der Waals surface area (Å²) in [4.78, 5) is 11.6. The first-order valence-electron chi connectivity index (χ1n) is 4.91. The summed E-state index contributed by atoms with van der Waals surface area (Å²) in [5.74, 6) is -0.552. The van der Waals surface area contributed by atoms with Gasteiger partial charge in [-0.2, -0.15) is 0 Å². The van der Waals surface area contributed by atoms with E-state index in [0.29, 0.717) is 0 Å². The fourth-order valence-electron chi connectivity index (χ4n) is 1.31. The Balaban J connectivity index is 2.14. The number of rotatable bonds is 3. The minimum atomic E-state index is -0.365. The monoisotopic (exact) mass is 292 g/mol. The van der Waals surface area contributed by atoms with E-state index in [1.807, 2.05) is 24.3 Å². The van der Waals surface area contributed by atoms with E-state index in [4.69, 9.17) is 4.42 Å². The van der Waals surface area contributed by atoms with Crippen molar-refractivity contribution in [3.05, 3.63) is 58.5 Å². The standard InChI is InChI=1S/C13H9BrO3/c14-10-4-1-9(2-5-10)3-6-11(15)13-12(16)7-8-17-13/h1-8,16H/b6-3-. The molecule has 0 fully saturated rings. The number of ketones is 1. The minimum absolute atomic E-state index is 0.0432. The number of halogens is 1. The maximum Gasteiger partial charge on any atom is 0.224 e. The van der Waals surface area contributed by atoms with E-state index in [-0.39, 0.29) is 17.3 Å². The average molecular weight is 293 g/mol. The zero-order valence-electron chi connectivity index (χ0n) is 8.76. The molecular formula is C13H9BrO3. The molecule has 1 aromatic carbocycles. The van der Waals surface area contributed by atoms with Crippen LogP contribution in [0.15, 0.2) is 51.6 Å². The summed E-state index contributed by atoms with van der Waals surface area (Å²) in [6.07, 6.45) is 4.30. The molecule has 4 heteroatoms. The molecule has 0 aliphatic heterocycles. The zero-order valence-corrected chi connectivity index (χ0v) is 10.3. The van der Waals surface area contributed by atoms with Crippen molar-refractivity contribution in [1.82, 2.24) is 0 Å². The second-order valence-electron chi connectivity index (χ2n) is 3.38. The fourth-order valence-corrected chi connectivity index (χ4v) is 1.57. The Labute approximate surface area is 107 Å². The zero-order chi connectivity index (χ0) is 12.3. The molecule has 0 spiro atoms. The van der Waals surface area contributed by atoms with Crippen molar-refractivity contribution >= 4 is 27.8 Å². The molecular weight excluding hydrogens is 284 g/mol. The van der Waals surface area contributed by atoms with Crippen LogP contribution in [0.5, 0.6) is 5.75 Å². The third-order valence-electron chi connectivity index (χ3n) is 2.17. The first-order chi connectivity index (χ1) is 8.16. The lowest BCUT2D eigenvalue weighted by atomic mass is 10.2. The van der Waals surface area contributed by atoms with Gasteiger partial charge >= 0.3 is 0 Å². The first-order valence-corrected chi connectivity index (χ1v) is 5.70. The van der Waals surface area contributed by atoms with Gasteiger partial charge in [0.2, 0.25) is 11.5 Å². The van der Waals surface area contributed by atoms with Crippen LogP contribution in [0.4, 0.5) is 0 Å². The second-order valence-corrected chi connectivity index (χ2v) is 4.30. The van der Waals surface area contributed by atoms with E-state index in [1.54, 1.807) is 6.08 Å². The Morgan fingerprint density at radius 1 is 1.24 bits per heavy atom. The highest BCUT2D eigenvalue weighted by Gasteiger charge is 2.11. The van der Waals surface area contributed by atoms with Gasteiger partial charge in [0.15, 0.2) is 5.75 Å². The fraction of sp³-hybridized carbons (Fsp3) is 0. The average Bonchev–Trinajstić information content (AvgIpc) is 2.74. The molecule has 2 rings (SSSR count). The molecule has 0 saturated carbocycles. The molecule has 0 bridgehead atoms. The SMILES string of the molecule is O=C(/C=C\c1ccc(Br)cc1)c1occc1O. The van der Waals surface area contributed by atoms with Crippen molar-refractivity contribution in [2.45, 2.75) is 0 Å². The lowest BCUT2D eigenvalue weighted by molar-refractivity contribution is 0.101. The third-order valence-corrected chi connectivity index (χ3v) is 2.69. The van der Waals surface area contributed by atoms with E-state index < -0.39 is 0 Å². The van der Waals surface area contributed by atoms with Crippen LogP contribution < -0.4 is 0 Å². The molecule has 0 atom stereocenters. The van der Waals surface area contributed by atoms with Crippen LogP contribution in [0.25, 0.3) is 6.08 Å². The van der Waals surface area contributed by atoms with E-state index in [2.05, 4.69) is 15.9 Å². The quantitative estimate of drug-likeness (QED) is 0.694. The molecule has 0 unspecified atom stereocenters. The molecule has 0 radical (unpaired) electrons. The molecule has 1 N–H and O–H groups in total. The maximum absolute atomic E-state index is 11.6. The summed E-state index contributed by atoms with van der Waals surface area (Å²) < 4.78 is 5.85.